The Labute approximate surface area is 117 Å². The number of aromatic hydroxyl groups is 1. The largest absolute Gasteiger partial charge is 0.503 e. The molecule has 0 aromatic heterocycles. The van der Waals surface area contributed by atoms with Crippen LogP contribution in [0.2, 0.25) is 0 Å². The van der Waals surface area contributed by atoms with Crippen molar-refractivity contribution in [2.75, 3.05) is 0 Å². The molecular formula is C14H11BrF2O2. The number of phenolic OH excluding ortho intramolecular Hbond substituents is 1. The number of halogens is 3. The molecule has 2 aliphatic carbocycles. The summed E-state index contributed by atoms with van der Waals surface area (Å²) in [6.07, 6.45) is 3.92. The van der Waals surface area contributed by atoms with Gasteiger partial charge in [-0.2, -0.15) is 0 Å². The van der Waals surface area contributed by atoms with E-state index in [1.165, 1.54) is 6.08 Å². The lowest BCUT2D eigenvalue weighted by molar-refractivity contribution is -0.117. The summed E-state index contributed by atoms with van der Waals surface area (Å²) < 4.78 is 26.4. The van der Waals surface area contributed by atoms with E-state index < -0.39 is 21.7 Å². The monoisotopic (exact) mass is 328 g/mol. The van der Waals surface area contributed by atoms with Gasteiger partial charge in [0.2, 0.25) is 0 Å². The van der Waals surface area contributed by atoms with E-state index in [2.05, 4.69) is 15.9 Å². The van der Waals surface area contributed by atoms with Crippen molar-refractivity contribution in [1.82, 2.24) is 0 Å². The van der Waals surface area contributed by atoms with Gasteiger partial charge >= 0.3 is 0 Å². The van der Waals surface area contributed by atoms with E-state index in [1.54, 1.807) is 0 Å². The zero-order valence-electron chi connectivity index (χ0n) is 9.92. The maximum absolute atomic E-state index is 13.4. The average molecular weight is 329 g/mol. The quantitative estimate of drug-likeness (QED) is 0.800. The van der Waals surface area contributed by atoms with Crippen LogP contribution in [0.4, 0.5) is 8.78 Å². The molecular weight excluding hydrogens is 318 g/mol. The molecule has 0 saturated heterocycles. The molecule has 100 valence electrons. The van der Waals surface area contributed by atoms with Gasteiger partial charge in [0.05, 0.1) is 4.32 Å². The maximum Gasteiger partial charge on any atom is 0.187 e. The topological polar surface area (TPSA) is 37.3 Å². The van der Waals surface area contributed by atoms with E-state index in [-0.39, 0.29) is 11.7 Å². The third kappa shape index (κ3) is 1.75. The van der Waals surface area contributed by atoms with Crippen molar-refractivity contribution in [2.45, 2.75) is 23.6 Å². The highest BCUT2D eigenvalue weighted by Crippen LogP contribution is 2.55. The molecule has 1 aromatic carbocycles. The van der Waals surface area contributed by atoms with Crippen LogP contribution in [0.15, 0.2) is 18.2 Å². The molecule has 0 radical (unpaired) electrons. The predicted molar refractivity (Wildman–Crippen MR) is 70.0 cm³/mol. The Kier molecular flexibility index (Phi) is 2.78. The molecule has 0 aliphatic heterocycles. The molecule has 2 unspecified atom stereocenters. The van der Waals surface area contributed by atoms with Gasteiger partial charge in [0, 0.05) is 5.92 Å². The van der Waals surface area contributed by atoms with Crippen LogP contribution in [0.5, 0.6) is 5.75 Å². The summed E-state index contributed by atoms with van der Waals surface area (Å²) in [6, 6.07) is 2.14. The first kappa shape index (κ1) is 12.8. The molecule has 1 saturated carbocycles. The minimum atomic E-state index is -1.01. The van der Waals surface area contributed by atoms with Crippen LogP contribution < -0.4 is 0 Å². The molecule has 2 atom stereocenters. The van der Waals surface area contributed by atoms with E-state index in [9.17, 15) is 13.6 Å². The number of benzene rings is 1. The number of fused-ring (bicyclic) bond motifs is 1. The molecule has 19 heavy (non-hydrogen) atoms. The first-order valence-corrected chi connectivity index (χ1v) is 6.86. The Morgan fingerprint density at radius 2 is 1.95 bits per heavy atom. The van der Waals surface area contributed by atoms with Crippen LogP contribution in [-0.2, 0) is 4.79 Å². The number of rotatable bonds is 1. The van der Waals surface area contributed by atoms with Gasteiger partial charge in [0.25, 0.3) is 0 Å². The number of phenols is 1. The molecule has 1 fully saturated rings. The highest BCUT2D eigenvalue weighted by Gasteiger charge is 2.51. The lowest BCUT2D eigenvalue weighted by Gasteiger charge is -2.25. The van der Waals surface area contributed by atoms with Crippen LogP contribution in [-0.4, -0.2) is 15.2 Å². The lowest BCUT2D eigenvalue weighted by Crippen LogP contribution is -2.26. The van der Waals surface area contributed by atoms with Crippen LogP contribution >= 0.6 is 15.9 Å². The van der Waals surface area contributed by atoms with Gasteiger partial charge in [-0.1, -0.05) is 22.4 Å². The first-order valence-electron chi connectivity index (χ1n) is 6.07. The number of ketones is 1. The number of hydrogen-bond acceptors (Lipinski definition) is 2. The van der Waals surface area contributed by atoms with Crippen molar-refractivity contribution < 1.29 is 18.7 Å². The zero-order valence-corrected chi connectivity index (χ0v) is 11.5. The van der Waals surface area contributed by atoms with Crippen molar-refractivity contribution in [2.24, 2.45) is 5.92 Å². The minimum Gasteiger partial charge on any atom is -0.503 e. The molecule has 0 bridgehead atoms. The summed E-state index contributed by atoms with van der Waals surface area (Å²) in [7, 11) is 0. The summed E-state index contributed by atoms with van der Waals surface area (Å²) in [5, 5.41) is 9.13. The molecule has 5 heteroatoms. The molecule has 0 spiro atoms. The second kappa shape index (κ2) is 4.13. The zero-order chi connectivity index (χ0) is 13.8. The Morgan fingerprint density at radius 3 is 2.58 bits per heavy atom. The highest BCUT2D eigenvalue weighted by molar-refractivity contribution is 9.10. The average Bonchev–Trinajstić information content (AvgIpc) is 2.84. The number of carbonyl (C=O) groups is 1. The van der Waals surface area contributed by atoms with Gasteiger partial charge in [0.1, 0.15) is 0 Å². The predicted octanol–water partition coefficient (Wildman–Crippen LogP) is 3.57. The fourth-order valence-corrected chi connectivity index (χ4v) is 4.14. The van der Waals surface area contributed by atoms with Crippen LogP contribution in [0, 0.1) is 17.6 Å². The van der Waals surface area contributed by atoms with Gasteiger partial charge < -0.3 is 5.11 Å². The normalized spacial score (nSPS) is 29.5. The van der Waals surface area contributed by atoms with Gasteiger partial charge in [-0.15, -0.1) is 0 Å². The van der Waals surface area contributed by atoms with E-state index in [1.807, 2.05) is 0 Å². The number of hydrogen-bond donors (Lipinski definition) is 1. The number of carbonyl (C=O) groups excluding carboxylic acids is 1. The molecule has 1 N–H and O–H groups in total. The van der Waals surface area contributed by atoms with Crippen molar-refractivity contribution in [1.29, 1.82) is 0 Å². The SMILES string of the molecule is O=C1C=C(c2cc(F)c(O)c(F)c2)C2(Br)CCCC12. The van der Waals surface area contributed by atoms with Crippen molar-refractivity contribution in [3.63, 3.8) is 0 Å². The van der Waals surface area contributed by atoms with Crippen molar-refractivity contribution in [3.05, 3.63) is 35.4 Å². The molecule has 0 heterocycles. The van der Waals surface area contributed by atoms with Crippen molar-refractivity contribution in [3.8, 4) is 5.75 Å². The van der Waals surface area contributed by atoms with Crippen molar-refractivity contribution >= 4 is 27.3 Å². The van der Waals surface area contributed by atoms with E-state index >= 15 is 0 Å². The summed E-state index contributed by atoms with van der Waals surface area (Å²) in [5.41, 5.74) is 0.917. The molecule has 0 amide bonds. The summed E-state index contributed by atoms with van der Waals surface area (Å²) in [5.74, 6) is -3.16. The fourth-order valence-electron chi connectivity index (χ4n) is 3.06. The Hall–Kier alpha value is -1.23. The molecule has 3 rings (SSSR count). The Balaban J connectivity index is 2.12. The fraction of sp³-hybridized carbons (Fsp3) is 0.357. The first-order chi connectivity index (χ1) is 8.93. The summed E-state index contributed by atoms with van der Waals surface area (Å²) >= 11 is 3.59. The second-order valence-electron chi connectivity index (χ2n) is 5.06. The smallest absolute Gasteiger partial charge is 0.187 e. The molecule has 2 nitrogen and oxygen atoms in total. The third-order valence-corrected chi connectivity index (χ3v) is 5.37. The number of alkyl halides is 1. The van der Waals surface area contributed by atoms with Gasteiger partial charge in [-0.25, -0.2) is 8.78 Å². The second-order valence-corrected chi connectivity index (χ2v) is 6.47. The van der Waals surface area contributed by atoms with E-state index in [0.717, 1.165) is 31.4 Å². The standard InChI is InChI=1S/C14H11BrF2O2/c15-14-3-1-2-8(14)12(18)6-9(14)7-4-10(16)13(19)11(17)5-7/h4-6,8,19H,1-3H2. The lowest BCUT2D eigenvalue weighted by atomic mass is 9.90. The van der Waals surface area contributed by atoms with Gasteiger partial charge in [-0.3, -0.25) is 4.79 Å². The minimum absolute atomic E-state index is 0.00161. The van der Waals surface area contributed by atoms with Gasteiger partial charge in [0.15, 0.2) is 23.2 Å². The van der Waals surface area contributed by atoms with E-state index in [4.69, 9.17) is 5.11 Å². The number of allylic oxidation sites excluding steroid dienone is 2. The molecule has 2 aliphatic rings. The van der Waals surface area contributed by atoms with Crippen LogP contribution in [0.1, 0.15) is 24.8 Å². The molecule has 1 aromatic rings. The third-order valence-electron chi connectivity index (χ3n) is 3.99. The van der Waals surface area contributed by atoms with Crippen LogP contribution in [0.25, 0.3) is 5.57 Å². The van der Waals surface area contributed by atoms with Gasteiger partial charge in [-0.05, 0) is 42.2 Å². The van der Waals surface area contributed by atoms with E-state index in [0.29, 0.717) is 11.1 Å². The summed E-state index contributed by atoms with van der Waals surface area (Å²) in [6.45, 7) is 0. The van der Waals surface area contributed by atoms with Crippen LogP contribution in [0.3, 0.4) is 0 Å². The Bertz CT molecular complexity index is 588. The maximum atomic E-state index is 13.4. The summed E-state index contributed by atoms with van der Waals surface area (Å²) in [4.78, 5) is 11.9. The Morgan fingerprint density at radius 1 is 1.32 bits per heavy atom. The highest BCUT2D eigenvalue weighted by atomic mass is 79.9.